The summed E-state index contributed by atoms with van der Waals surface area (Å²) in [6.07, 6.45) is 0. The quantitative estimate of drug-likeness (QED) is 0.281. The van der Waals surface area contributed by atoms with Crippen LogP contribution in [-0.2, 0) is 5.41 Å². The first-order valence-electron chi connectivity index (χ1n) is 12.4. The molecule has 174 valence electrons. The Labute approximate surface area is 210 Å². The molecule has 0 aliphatic carbocycles. The smallest absolute Gasteiger partial charge is 0.158 e. The highest BCUT2D eigenvalue weighted by atomic mass is 16.3. The van der Waals surface area contributed by atoms with E-state index in [4.69, 9.17) is 4.42 Å². The Hall–Kier alpha value is -4.50. The summed E-state index contributed by atoms with van der Waals surface area (Å²) in [4.78, 5) is 2.38. The normalized spacial score (nSPS) is 14.0. The molecule has 1 aliphatic heterocycles. The van der Waals surface area contributed by atoms with E-state index < -0.39 is 0 Å². The van der Waals surface area contributed by atoms with Gasteiger partial charge in [0.2, 0.25) is 0 Å². The number of furan rings is 1. The van der Waals surface area contributed by atoms with Crippen molar-refractivity contribution in [1.82, 2.24) is 0 Å². The first-order chi connectivity index (χ1) is 17.6. The highest BCUT2D eigenvalue weighted by molar-refractivity contribution is 6.09. The minimum atomic E-state index is -0.117. The zero-order chi connectivity index (χ0) is 24.3. The lowest BCUT2D eigenvalue weighted by atomic mass is 9.73. The average molecular weight is 467 g/mol. The number of fused-ring (bicyclic) bond motifs is 5. The fourth-order valence-electron chi connectivity index (χ4n) is 5.65. The number of nitrogens with one attached hydrogen (secondary N) is 1. The van der Waals surface area contributed by atoms with Gasteiger partial charge in [0.25, 0.3) is 0 Å². The van der Waals surface area contributed by atoms with Gasteiger partial charge in [-0.25, -0.2) is 0 Å². The Bertz CT molecular complexity index is 1750. The first kappa shape index (κ1) is 20.8. The molecule has 0 spiro atoms. The Morgan fingerprint density at radius 3 is 2.25 bits per heavy atom. The minimum Gasteiger partial charge on any atom is -0.454 e. The SMILES string of the molecule is CC1(C)c2ccccc2N(c2ccccc2)c2cc(Nc3cccc4c3oc3ccccc34)ccc21. The van der Waals surface area contributed by atoms with Gasteiger partial charge in [-0.1, -0.05) is 86.6 Å². The van der Waals surface area contributed by atoms with Gasteiger partial charge in [-0.3, -0.25) is 0 Å². The molecular weight excluding hydrogens is 440 g/mol. The van der Waals surface area contributed by atoms with Crippen LogP contribution in [0.15, 0.2) is 120 Å². The van der Waals surface area contributed by atoms with Crippen LogP contribution in [0.25, 0.3) is 21.9 Å². The maximum Gasteiger partial charge on any atom is 0.158 e. The van der Waals surface area contributed by atoms with E-state index in [0.29, 0.717) is 0 Å². The molecule has 0 saturated carbocycles. The summed E-state index contributed by atoms with van der Waals surface area (Å²) in [7, 11) is 0. The fourth-order valence-corrected chi connectivity index (χ4v) is 5.65. The second kappa shape index (κ2) is 7.76. The Morgan fingerprint density at radius 2 is 1.36 bits per heavy atom. The van der Waals surface area contributed by atoms with Crippen LogP contribution in [0.2, 0.25) is 0 Å². The van der Waals surface area contributed by atoms with Gasteiger partial charge in [-0.2, -0.15) is 0 Å². The molecule has 0 fully saturated rings. The van der Waals surface area contributed by atoms with E-state index in [1.54, 1.807) is 0 Å². The van der Waals surface area contributed by atoms with Gasteiger partial charge in [0, 0.05) is 27.6 Å². The van der Waals surface area contributed by atoms with Crippen molar-refractivity contribution in [2.75, 3.05) is 10.2 Å². The predicted octanol–water partition coefficient (Wildman–Crippen LogP) is 9.44. The van der Waals surface area contributed by atoms with Gasteiger partial charge < -0.3 is 14.6 Å². The molecule has 2 heterocycles. The van der Waals surface area contributed by atoms with E-state index in [-0.39, 0.29) is 5.41 Å². The third-order valence-corrected chi connectivity index (χ3v) is 7.43. The molecule has 0 saturated heterocycles. The lowest BCUT2D eigenvalue weighted by Crippen LogP contribution is -2.30. The number of benzene rings is 5. The molecule has 0 atom stereocenters. The summed E-state index contributed by atoms with van der Waals surface area (Å²) in [5.74, 6) is 0. The highest BCUT2D eigenvalue weighted by Gasteiger charge is 2.36. The van der Waals surface area contributed by atoms with Crippen LogP contribution in [0.4, 0.5) is 28.4 Å². The van der Waals surface area contributed by atoms with Gasteiger partial charge in [0.1, 0.15) is 5.58 Å². The third-order valence-electron chi connectivity index (χ3n) is 7.43. The molecule has 0 radical (unpaired) electrons. The number of rotatable bonds is 3. The van der Waals surface area contributed by atoms with E-state index in [0.717, 1.165) is 39.0 Å². The van der Waals surface area contributed by atoms with Gasteiger partial charge in [0.05, 0.1) is 17.1 Å². The van der Waals surface area contributed by atoms with Gasteiger partial charge >= 0.3 is 0 Å². The van der Waals surface area contributed by atoms with Crippen molar-refractivity contribution >= 4 is 50.4 Å². The second-order valence-electron chi connectivity index (χ2n) is 9.95. The maximum absolute atomic E-state index is 6.27. The van der Waals surface area contributed by atoms with Crippen LogP contribution in [0, 0.1) is 0 Å². The zero-order valence-electron chi connectivity index (χ0n) is 20.3. The van der Waals surface area contributed by atoms with Gasteiger partial charge in [0.15, 0.2) is 5.58 Å². The summed E-state index contributed by atoms with van der Waals surface area (Å²) in [6, 6.07) is 40.6. The summed E-state index contributed by atoms with van der Waals surface area (Å²) in [6.45, 7) is 4.63. The van der Waals surface area contributed by atoms with E-state index in [1.165, 1.54) is 22.5 Å². The molecule has 3 heteroatoms. The standard InChI is InChI=1S/C33H26N2O/c1-33(2)26-15-7-8-17-29(26)35(23-11-4-3-5-12-23)30-21-22(19-20-27(30)33)34-28-16-10-14-25-24-13-6-9-18-31(24)36-32(25)28/h3-21,34H,1-2H3. The van der Waals surface area contributed by atoms with Crippen molar-refractivity contribution in [2.45, 2.75) is 19.3 Å². The molecule has 36 heavy (non-hydrogen) atoms. The molecule has 0 bridgehead atoms. The molecule has 5 aromatic carbocycles. The topological polar surface area (TPSA) is 28.4 Å². The monoisotopic (exact) mass is 466 g/mol. The van der Waals surface area contributed by atoms with Crippen LogP contribution >= 0.6 is 0 Å². The van der Waals surface area contributed by atoms with Crippen LogP contribution in [0.1, 0.15) is 25.0 Å². The van der Waals surface area contributed by atoms with Gasteiger partial charge in [-0.05, 0) is 53.6 Å². The predicted molar refractivity (Wildman–Crippen MR) is 150 cm³/mol. The molecule has 1 aliphatic rings. The van der Waals surface area contributed by atoms with Crippen LogP contribution in [0.3, 0.4) is 0 Å². The number of anilines is 5. The summed E-state index contributed by atoms with van der Waals surface area (Å²) in [5, 5.41) is 5.92. The Balaban J connectivity index is 1.39. The van der Waals surface area contributed by atoms with E-state index >= 15 is 0 Å². The third kappa shape index (κ3) is 3.06. The molecule has 1 aromatic heterocycles. The summed E-state index contributed by atoms with van der Waals surface area (Å²) >= 11 is 0. The van der Waals surface area contributed by atoms with Crippen LogP contribution in [0.5, 0.6) is 0 Å². The molecule has 3 nitrogen and oxygen atoms in total. The van der Waals surface area contributed by atoms with Crippen molar-refractivity contribution in [1.29, 1.82) is 0 Å². The lowest BCUT2D eigenvalue weighted by molar-refractivity contribution is 0.632. The molecule has 7 rings (SSSR count). The van der Waals surface area contributed by atoms with Gasteiger partial charge in [-0.15, -0.1) is 0 Å². The second-order valence-corrected chi connectivity index (χ2v) is 9.95. The Kier molecular flexibility index (Phi) is 4.49. The van der Waals surface area contributed by atoms with Crippen molar-refractivity contribution in [3.8, 4) is 0 Å². The van der Waals surface area contributed by atoms with Crippen LogP contribution < -0.4 is 10.2 Å². The zero-order valence-corrected chi connectivity index (χ0v) is 20.3. The largest absolute Gasteiger partial charge is 0.454 e. The fraction of sp³-hybridized carbons (Fsp3) is 0.0909. The van der Waals surface area contributed by atoms with Crippen molar-refractivity contribution in [3.05, 3.63) is 126 Å². The van der Waals surface area contributed by atoms with Crippen molar-refractivity contribution in [2.24, 2.45) is 0 Å². The van der Waals surface area contributed by atoms with E-state index in [1.807, 2.05) is 12.1 Å². The molecular formula is C33H26N2O. The number of nitrogens with zero attached hydrogens (tertiary/aromatic N) is 1. The van der Waals surface area contributed by atoms with E-state index in [2.05, 4.69) is 127 Å². The minimum absolute atomic E-state index is 0.117. The first-order valence-corrected chi connectivity index (χ1v) is 12.4. The number of hydrogen-bond donors (Lipinski definition) is 1. The van der Waals surface area contributed by atoms with Crippen LogP contribution in [-0.4, -0.2) is 0 Å². The Morgan fingerprint density at radius 1 is 0.639 bits per heavy atom. The highest BCUT2D eigenvalue weighted by Crippen LogP contribution is 2.52. The molecule has 6 aromatic rings. The van der Waals surface area contributed by atoms with Crippen molar-refractivity contribution in [3.63, 3.8) is 0 Å². The average Bonchev–Trinajstić information content (AvgIpc) is 3.29. The number of hydrogen-bond acceptors (Lipinski definition) is 3. The maximum atomic E-state index is 6.27. The summed E-state index contributed by atoms with van der Waals surface area (Å²) in [5.41, 5.74) is 9.84. The molecule has 1 N–H and O–H groups in total. The number of para-hydroxylation sites is 4. The summed E-state index contributed by atoms with van der Waals surface area (Å²) < 4.78 is 6.27. The lowest BCUT2D eigenvalue weighted by Gasteiger charge is -2.42. The van der Waals surface area contributed by atoms with E-state index in [9.17, 15) is 0 Å². The molecule has 0 amide bonds. The van der Waals surface area contributed by atoms with Crippen molar-refractivity contribution < 1.29 is 4.42 Å². The molecule has 0 unspecified atom stereocenters.